The minimum absolute atomic E-state index is 0.126. The van der Waals surface area contributed by atoms with Crippen molar-refractivity contribution >= 4 is 15.8 Å². The van der Waals surface area contributed by atoms with Crippen LogP contribution in [0, 0.1) is 11.7 Å². The topological polar surface area (TPSA) is 60.4 Å². The lowest BCUT2D eigenvalue weighted by Crippen LogP contribution is -2.23. The van der Waals surface area contributed by atoms with E-state index in [-0.39, 0.29) is 11.5 Å². The highest BCUT2D eigenvalue weighted by Gasteiger charge is 2.24. The van der Waals surface area contributed by atoms with Gasteiger partial charge in [0.1, 0.15) is 5.82 Å². The molecule has 0 radical (unpaired) electrons. The predicted molar refractivity (Wildman–Crippen MR) is 64.2 cm³/mol. The average Bonchev–Trinajstić information content (AvgIpc) is 2.28. The van der Waals surface area contributed by atoms with Gasteiger partial charge in [-0.1, -0.05) is 13.0 Å². The molecule has 1 atom stereocenters. The zero-order chi connectivity index (χ0) is 13.8. The van der Waals surface area contributed by atoms with E-state index in [1.54, 1.807) is 6.92 Å². The van der Waals surface area contributed by atoms with Crippen LogP contribution in [0.15, 0.2) is 29.2 Å². The maximum atomic E-state index is 13.0. The highest BCUT2D eigenvalue weighted by Crippen LogP contribution is 2.16. The molecule has 6 heteroatoms. The molecular weight excluding hydrogens is 259 g/mol. The minimum atomic E-state index is -3.69. The van der Waals surface area contributed by atoms with E-state index in [1.807, 2.05) is 0 Å². The van der Waals surface area contributed by atoms with Gasteiger partial charge >= 0.3 is 5.97 Å². The molecule has 0 aliphatic heterocycles. The van der Waals surface area contributed by atoms with E-state index >= 15 is 0 Å². The van der Waals surface area contributed by atoms with E-state index in [1.165, 1.54) is 19.1 Å². The molecule has 1 unspecified atom stereocenters. The SMILES string of the molecule is CCOC(=O)C(C)CS(=O)(=O)c1cccc(F)c1. The summed E-state index contributed by atoms with van der Waals surface area (Å²) < 4.78 is 41.5. The molecule has 0 N–H and O–H groups in total. The average molecular weight is 274 g/mol. The Bertz CT molecular complexity index is 525. The summed E-state index contributed by atoms with van der Waals surface area (Å²) in [5.41, 5.74) is 0. The van der Waals surface area contributed by atoms with Crippen molar-refractivity contribution in [2.24, 2.45) is 5.92 Å². The number of carbonyl (C=O) groups excluding carboxylic acids is 1. The number of ether oxygens (including phenoxy) is 1. The molecule has 4 nitrogen and oxygen atoms in total. The van der Waals surface area contributed by atoms with E-state index in [9.17, 15) is 17.6 Å². The molecule has 0 aliphatic rings. The van der Waals surface area contributed by atoms with Crippen molar-refractivity contribution < 1.29 is 22.3 Å². The standard InChI is InChI=1S/C12H15FO4S/c1-3-17-12(14)9(2)8-18(15,16)11-6-4-5-10(13)7-11/h4-7,9H,3,8H2,1-2H3. The fourth-order valence-corrected chi connectivity index (χ4v) is 3.00. The molecule has 18 heavy (non-hydrogen) atoms. The quantitative estimate of drug-likeness (QED) is 0.768. The molecule has 0 aromatic heterocycles. The molecule has 0 saturated heterocycles. The first-order chi connectivity index (χ1) is 8.36. The van der Waals surface area contributed by atoms with Gasteiger partial charge in [-0.05, 0) is 25.1 Å². The lowest BCUT2D eigenvalue weighted by molar-refractivity contribution is -0.146. The third-order valence-corrected chi connectivity index (χ3v) is 4.22. The number of halogens is 1. The fraction of sp³-hybridized carbons (Fsp3) is 0.417. The molecule has 0 saturated carbocycles. The normalized spacial score (nSPS) is 13.1. The van der Waals surface area contributed by atoms with E-state index in [0.717, 1.165) is 12.1 Å². The summed E-state index contributed by atoms with van der Waals surface area (Å²) in [6.45, 7) is 3.31. The second-order valence-electron chi connectivity index (χ2n) is 3.89. The van der Waals surface area contributed by atoms with Gasteiger partial charge in [-0.3, -0.25) is 4.79 Å². The third-order valence-electron chi connectivity index (χ3n) is 2.31. The van der Waals surface area contributed by atoms with Crippen molar-refractivity contribution in [3.8, 4) is 0 Å². The Hall–Kier alpha value is -1.43. The maximum absolute atomic E-state index is 13.0. The van der Waals surface area contributed by atoms with Gasteiger partial charge in [0, 0.05) is 0 Å². The van der Waals surface area contributed by atoms with E-state index in [2.05, 4.69) is 0 Å². The summed E-state index contributed by atoms with van der Waals surface area (Å²) in [7, 11) is -3.69. The first kappa shape index (κ1) is 14.6. The van der Waals surface area contributed by atoms with Gasteiger partial charge in [0.25, 0.3) is 0 Å². The maximum Gasteiger partial charge on any atom is 0.309 e. The first-order valence-corrected chi connectivity index (χ1v) is 7.17. The molecule has 1 aromatic carbocycles. The molecule has 0 aliphatic carbocycles. The van der Waals surface area contributed by atoms with Crippen LogP contribution in [-0.2, 0) is 19.4 Å². The number of rotatable bonds is 5. The Kier molecular flexibility index (Phi) is 4.84. The van der Waals surface area contributed by atoms with Crippen LogP contribution in [0.4, 0.5) is 4.39 Å². The Balaban J connectivity index is 2.86. The smallest absolute Gasteiger partial charge is 0.309 e. The molecule has 0 spiro atoms. The zero-order valence-corrected chi connectivity index (χ0v) is 11.0. The van der Waals surface area contributed by atoms with Gasteiger partial charge in [-0.15, -0.1) is 0 Å². The van der Waals surface area contributed by atoms with E-state index in [4.69, 9.17) is 4.74 Å². The molecule has 1 aromatic rings. The summed E-state index contributed by atoms with van der Waals surface area (Å²) in [6, 6.07) is 4.72. The van der Waals surface area contributed by atoms with Crippen molar-refractivity contribution in [3.05, 3.63) is 30.1 Å². The number of benzene rings is 1. The van der Waals surface area contributed by atoms with E-state index in [0.29, 0.717) is 0 Å². The number of esters is 1. The Labute approximate surface area is 106 Å². The van der Waals surface area contributed by atoms with Crippen LogP contribution in [0.3, 0.4) is 0 Å². The summed E-state index contributed by atoms with van der Waals surface area (Å²) in [5.74, 6) is -2.37. The van der Waals surface area contributed by atoms with Crippen LogP contribution in [0.2, 0.25) is 0 Å². The lowest BCUT2D eigenvalue weighted by atomic mass is 10.2. The highest BCUT2D eigenvalue weighted by atomic mass is 32.2. The van der Waals surface area contributed by atoms with Gasteiger partial charge in [0.15, 0.2) is 9.84 Å². The van der Waals surface area contributed by atoms with Crippen molar-refractivity contribution in [2.75, 3.05) is 12.4 Å². The summed E-state index contributed by atoms with van der Waals surface area (Å²) >= 11 is 0. The fourth-order valence-electron chi connectivity index (χ4n) is 1.44. The third kappa shape index (κ3) is 3.80. The van der Waals surface area contributed by atoms with Crippen molar-refractivity contribution in [3.63, 3.8) is 0 Å². The highest BCUT2D eigenvalue weighted by molar-refractivity contribution is 7.91. The van der Waals surface area contributed by atoms with Crippen LogP contribution < -0.4 is 0 Å². The number of hydrogen-bond acceptors (Lipinski definition) is 4. The largest absolute Gasteiger partial charge is 0.466 e. The molecule has 0 heterocycles. The summed E-state index contributed by atoms with van der Waals surface area (Å²) in [4.78, 5) is 11.2. The monoisotopic (exact) mass is 274 g/mol. The molecule has 0 amide bonds. The molecular formula is C12H15FO4S. The Morgan fingerprint density at radius 3 is 2.67 bits per heavy atom. The van der Waals surface area contributed by atoms with E-state index < -0.39 is 33.3 Å². The molecule has 1 rings (SSSR count). The van der Waals surface area contributed by atoms with Crippen LogP contribution >= 0.6 is 0 Å². The summed E-state index contributed by atoms with van der Waals surface area (Å²) in [5, 5.41) is 0. The molecule has 100 valence electrons. The Morgan fingerprint density at radius 2 is 2.11 bits per heavy atom. The summed E-state index contributed by atoms with van der Waals surface area (Å²) in [6.07, 6.45) is 0. The number of hydrogen-bond donors (Lipinski definition) is 0. The van der Waals surface area contributed by atoms with Gasteiger partial charge in [-0.2, -0.15) is 0 Å². The van der Waals surface area contributed by atoms with Gasteiger partial charge in [0.05, 0.1) is 23.2 Å². The molecule has 0 fully saturated rings. The lowest BCUT2D eigenvalue weighted by Gasteiger charge is -2.11. The predicted octanol–water partition coefficient (Wildman–Crippen LogP) is 1.80. The second-order valence-corrected chi connectivity index (χ2v) is 5.93. The van der Waals surface area contributed by atoms with Crippen molar-refractivity contribution in [1.29, 1.82) is 0 Å². The number of sulfone groups is 1. The van der Waals surface area contributed by atoms with Gasteiger partial charge in [-0.25, -0.2) is 12.8 Å². The van der Waals surface area contributed by atoms with Gasteiger partial charge < -0.3 is 4.74 Å². The molecule has 0 bridgehead atoms. The number of carbonyl (C=O) groups is 1. The van der Waals surface area contributed by atoms with Crippen LogP contribution in [0.5, 0.6) is 0 Å². The second kappa shape index (κ2) is 5.95. The first-order valence-electron chi connectivity index (χ1n) is 5.51. The zero-order valence-electron chi connectivity index (χ0n) is 10.2. The van der Waals surface area contributed by atoms with Crippen LogP contribution in [0.1, 0.15) is 13.8 Å². The van der Waals surface area contributed by atoms with Crippen molar-refractivity contribution in [2.45, 2.75) is 18.7 Å². The van der Waals surface area contributed by atoms with Crippen LogP contribution in [0.25, 0.3) is 0 Å². The van der Waals surface area contributed by atoms with Crippen molar-refractivity contribution in [1.82, 2.24) is 0 Å². The Morgan fingerprint density at radius 1 is 1.44 bits per heavy atom. The minimum Gasteiger partial charge on any atom is -0.466 e. The van der Waals surface area contributed by atoms with Gasteiger partial charge in [0.2, 0.25) is 0 Å². The van der Waals surface area contributed by atoms with Crippen LogP contribution in [-0.4, -0.2) is 26.7 Å².